The summed E-state index contributed by atoms with van der Waals surface area (Å²) in [6.45, 7) is 3.67. The average Bonchev–Trinajstić information content (AvgIpc) is 2.44. The van der Waals surface area contributed by atoms with Crippen LogP contribution in [0.25, 0.3) is 0 Å². The number of rotatable bonds is 10. The van der Waals surface area contributed by atoms with Crippen LogP contribution in [0, 0.1) is 0 Å². The van der Waals surface area contributed by atoms with Gasteiger partial charge < -0.3 is 15.2 Å². The van der Waals surface area contributed by atoms with Gasteiger partial charge in [0.25, 0.3) is 0 Å². The third-order valence-electron chi connectivity index (χ3n) is 3.17. The number of unbranched alkanes of at least 4 members (excludes halogenated alkanes) is 3. The van der Waals surface area contributed by atoms with Crippen LogP contribution >= 0.6 is 0 Å². The molecule has 2 N–H and O–H groups in total. The third kappa shape index (κ3) is 5.52. The molecule has 1 aromatic rings. The van der Waals surface area contributed by atoms with Gasteiger partial charge in [-0.15, -0.1) is 0 Å². The Hall–Kier alpha value is -1.22. The predicted octanol–water partition coefficient (Wildman–Crippen LogP) is 3.55. The Morgan fingerprint density at radius 1 is 1.11 bits per heavy atom. The first-order valence-corrected chi connectivity index (χ1v) is 7.32. The molecule has 0 spiro atoms. The van der Waals surface area contributed by atoms with Crippen molar-refractivity contribution < 1.29 is 9.47 Å². The first-order valence-electron chi connectivity index (χ1n) is 7.32. The normalized spacial score (nSPS) is 10.5. The summed E-state index contributed by atoms with van der Waals surface area (Å²) in [6, 6.07) is 6.08. The van der Waals surface area contributed by atoms with Gasteiger partial charge in [-0.1, -0.05) is 38.3 Å². The van der Waals surface area contributed by atoms with Crippen LogP contribution < -0.4 is 15.2 Å². The van der Waals surface area contributed by atoms with Crippen molar-refractivity contribution in [1.29, 1.82) is 0 Å². The highest BCUT2D eigenvalue weighted by molar-refractivity contribution is 5.46. The molecule has 3 heteroatoms. The number of hydrogen-bond acceptors (Lipinski definition) is 3. The van der Waals surface area contributed by atoms with Gasteiger partial charge in [-0.3, -0.25) is 0 Å². The minimum Gasteiger partial charge on any atom is -0.493 e. The minimum atomic E-state index is 0.700. The third-order valence-corrected chi connectivity index (χ3v) is 3.17. The number of ether oxygens (including phenoxy) is 2. The van der Waals surface area contributed by atoms with Gasteiger partial charge in [-0.05, 0) is 37.4 Å². The van der Waals surface area contributed by atoms with Gasteiger partial charge >= 0.3 is 0 Å². The second-order valence-electron chi connectivity index (χ2n) is 4.75. The van der Waals surface area contributed by atoms with Gasteiger partial charge in [0.1, 0.15) is 0 Å². The molecule has 0 aliphatic heterocycles. The van der Waals surface area contributed by atoms with Crippen molar-refractivity contribution in [2.24, 2.45) is 5.73 Å². The summed E-state index contributed by atoms with van der Waals surface area (Å²) in [4.78, 5) is 0. The lowest BCUT2D eigenvalue weighted by molar-refractivity contribution is 0.284. The Morgan fingerprint density at radius 2 is 1.95 bits per heavy atom. The van der Waals surface area contributed by atoms with Gasteiger partial charge in [0.2, 0.25) is 0 Å². The van der Waals surface area contributed by atoms with E-state index in [9.17, 15) is 0 Å². The van der Waals surface area contributed by atoms with E-state index in [1.165, 1.54) is 24.8 Å². The number of para-hydroxylation sites is 1. The molecule has 0 aromatic heterocycles. The Balaban J connectivity index is 2.56. The van der Waals surface area contributed by atoms with Crippen molar-refractivity contribution >= 4 is 0 Å². The molecule has 0 amide bonds. The van der Waals surface area contributed by atoms with Crippen LogP contribution in [0.2, 0.25) is 0 Å². The van der Waals surface area contributed by atoms with Gasteiger partial charge in [0.05, 0.1) is 13.7 Å². The second-order valence-corrected chi connectivity index (χ2v) is 4.75. The van der Waals surface area contributed by atoms with Crippen molar-refractivity contribution in [3.05, 3.63) is 23.8 Å². The van der Waals surface area contributed by atoms with E-state index in [1.807, 2.05) is 12.1 Å². The van der Waals surface area contributed by atoms with Crippen molar-refractivity contribution in [2.45, 2.75) is 45.4 Å². The molecular formula is C16H27NO2. The highest BCUT2D eigenvalue weighted by Gasteiger charge is 2.09. The van der Waals surface area contributed by atoms with E-state index in [0.717, 1.165) is 37.4 Å². The summed E-state index contributed by atoms with van der Waals surface area (Å²) in [5.74, 6) is 1.72. The van der Waals surface area contributed by atoms with Crippen LogP contribution in [0.3, 0.4) is 0 Å². The highest BCUT2D eigenvalue weighted by atomic mass is 16.5. The predicted molar refractivity (Wildman–Crippen MR) is 80.0 cm³/mol. The van der Waals surface area contributed by atoms with Gasteiger partial charge in [-0.2, -0.15) is 0 Å². The lowest BCUT2D eigenvalue weighted by Gasteiger charge is -2.14. The Bertz CT molecular complexity index is 353. The molecule has 0 bridgehead atoms. The number of benzene rings is 1. The van der Waals surface area contributed by atoms with Gasteiger partial charge in [0, 0.05) is 0 Å². The zero-order valence-corrected chi connectivity index (χ0v) is 12.3. The molecule has 0 saturated heterocycles. The molecule has 3 nitrogen and oxygen atoms in total. The molecule has 0 heterocycles. The fraction of sp³-hybridized carbons (Fsp3) is 0.625. The van der Waals surface area contributed by atoms with E-state index in [4.69, 9.17) is 15.2 Å². The van der Waals surface area contributed by atoms with E-state index in [1.54, 1.807) is 7.11 Å². The van der Waals surface area contributed by atoms with E-state index in [2.05, 4.69) is 13.0 Å². The SMILES string of the molecule is CCCCCCOc1cccc(CCCN)c1OC. The summed E-state index contributed by atoms with van der Waals surface area (Å²) < 4.78 is 11.3. The van der Waals surface area contributed by atoms with Crippen LogP contribution in [-0.2, 0) is 6.42 Å². The Morgan fingerprint density at radius 3 is 2.63 bits per heavy atom. The molecular weight excluding hydrogens is 238 g/mol. The van der Waals surface area contributed by atoms with Crippen LogP contribution in [0.5, 0.6) is 11.5 Å². The lowest BCUT2D eigenvalue weighted by atomic mass is 10.1. The van der Waals surface area contributed by atoms with E-state index in [-0.39, 0.29) is 0 Å². The molecule has 0 radical (unpaired) electrons. The second kappa shape index (κ2) is 9.68. The maximum Gasteiger partial charge on any atom is 0.163 e. The van der Waals surface area contributed by atoms with Gasteiger partial charge in [-0.25, -0.2) is 0 Å². The summed E-state index contributed by atoms with van der Waals surface area (Å²) in [6.07, 6.45) is 6.76. The van der Waals surface area contributed by atoms with Gasteiger partial charge in [0.15, 0.2) is 11.5 Å². The largest absolute Gasteiger partial charge is 0.493 e. The van der Waals surface area contributed by atoms with Crippen molar-refractivity contribution in [3.8, 4) is 11.5 Å². The first kappa shape index (κ1) is 15.8. The van der Waals surface area contributed by atoms with Crippen molar-refractivity contribution in [2.75, 3.05) is 20.3 Å². The molecule has 0 atom stereocenters. The van der Waals surface area contributed by atoms with Crippen LogP contribution in [0.15, 0.2) is 18.2 Å². The van der Waals surface area contributed by atoms with E-state index >= 15 is 0 Å². The molecule has 0 unspecified atom stereocenters. The fourth-order valence-corrected chi connectivity index (χ4v) is 2.11. The standard InChI is InChI=1S/C16H27NO2/c1-3-4-5-6-13-19-15-11-7-9-14(10-8-12-17)16(15)18-2/h7,9,11H,3-6,8,10,12-13,17H2,1-2H3. The average molecular weight is 265 g/mol. The quantitative estimate of drug-likeness (QED) is 0.658. The Labute approximate surface area is 117 Å². The zero-order valence-electron chi connectivity index (χ0n) is 12.3. The molecule has 0 aliphatic rings. The maximum absolute atomic E-state index is 5.84. The van der Waals surface area contributed by atoms with Crippen molar-refractivity contribution in [1.82, 2.24) is 0 Å². The smallest absolute Gasteiger partial charge is 0.163 e. The van der Waals surface area contributed by atoms with Crippen molar-refractivity contribution in [3.63, 3.8) is 0 Å². The monoisotopic (exact) mass is 265 g/mol. The summed E-state index contributed by atoms with van der Waals surface area (Å²) >= 11 is 0. The zero-order chi connectivity index (χ0) is 13.9. The topological polar surface area (TPSA) is 44.5 Å². The first-order chi connectivity index (χ1) is 9.33. The molecule has 0 aliphatic carbocycles. The van der Waals surface area contributed by atoms with Crippen LogP contribution in [0.1, 0.15) is 44.6 Å². The maximum atomic E-state index is 5.84. The molecule has 0 saturated carbocycles. The molecule has 1 aromatic carbocycles. The number of aryl methyl sites for hydroxylation is 1. The van der Waals surface area contributed by atoms with Crippen LogP contribution in [0.4, 0.5) is 0 Å². The highest BCUT2D eigenvalue weighted by Crippen LogP contribution is 2.31. The minimum absolute atomic E-state index is 0.700. The van der Waals surface area contributed by atoms with Crippen LogP contribution in [-0.4, -0.2) is 20.3 Å². The summed E-state index contributed by atoms with van der Waals surface area (Å²) in [5.41, 5.74) is 6.74. The van der Waals surface area contributed by atoms with E-state index in [0.29, 0.717) is 6.54 Å². The summed E-state index contributed by atoms with van der Waals surface area (Å²) in [7, 11) is 1.70. The molecule has 19 heavy (non-hydrogen) atoms. The number of hydrogen-bond donors (Lipinski definition) is 1. The molecule has 0 fully saturated rings. The van der Waals surface area contributed by atoms with E-state index < -0.39 is 0 Å². The number of methoxy groups -OCH3 is 1. The lowest BCUT2D eigenvalue weighted by Crippen LogP contribution is -2.04. The summed E-state index contributed by atoms with van der Waals surface area (Å²) in [5, 5.41) is 0. The Kier molecular flexibility index (Phi) is 8.07. The molecule has 1 rings (SSSR count). The number of nitrogens with two attached hydrogens (primary N) is 1. The fourth-order valence-electron chi connectivity index (χ4n) is 2.11. The molecule has 108 valence electrons.